The van der Waals surface area contributed by atoms with Gasteiger partial charge in [-0.1, -0.05) is 6.07 Å². The molecule has 21 heavy (non-hydrogen) atoms. The van der Waals surface area contributed by atoms with E-state index in [4.69, 9.17) is 5.11 Å². The maximum atomic E-state index is 12.1. The van der Waals surface area contributed by atoms with E-state index >= 15 is 0 Å². The summed E-state index contributed by atoms with van der Waals surface area (Å²) in [6.45, 7) is -1.04. The number of carbonyl (C=O) groups is 2. The van der Waals surface area contributed by atoms with Crippen molar-refractivity contribution in [3.05, 3.63) is 29.3 Å². The predicted molar refractivity (Wildman–Crippen MR) is 74.3 cm³/mol. The lowest BCUT2D eigenvalue weighted by Crippen LogP contribution is -2.39. The van der Waals surface area contributed by atoms with E-state index < -0.39 is 35.0 Å². The first kappa shape index (κ1) is 15.5. The second kappa shape index (κ2) is 6.23. The maximum Gasteiger partial charge on any atom is 0.322 e. The smallest absolute Gasteiger partial charge is 0.322 e. The molecule has 0 unspecified atom stereocenters. The highest BCUT2D eigenvalue weighted by Crippen LogP contribution is 2.24. The number of aryl methyl sites for hydroxylation is 2. The van der Waals surface area contributed by atoms with E-state index in [-0.39, 0.29) is 4.90 Å². The van der Waals surface area contributed by atoms with Gasteiger partial charge in [0, 0.05) is 0 Å². The van der Waals surface area contributed by atoms with Gasteiger partial charge in [0.15, 0.2) is 0 Å². The van der Waals surface area contributed by atoms with Gasteiger partial charge in [0.2, 0.25) is 15.9 Å². The van der Waals surface area contributed by atoms with Gasteiger partial charge in [0.05, 0.1) is 11.4 Å². The first-order chi connectivity index (χ1) is 9.88. The second-order valence-electron chi connectivity index (χ2n) is 4.78. The monoisotopic (exact) mass is 312 g/mol. The van der Waals surface area contributed by atoms with E-state index in [1.807, 2.05) is 0 Å². The Bertz CT molecular complexity index is 669. The fourth-order valence-electron chi connectivity index (χ4n) is 2.20. The van der Waals surface area contributed by atoms with Crippen LogP contribution in [0.2, 0.25) is 0 Å². The van der Waals surface area contributed by atoms with Crippen molar-refractivity contribution in [1.82, 2.24) is 10.0 Å². The summed E-state index contributed by atoms with van der Waals surface area (Å²) in [6.07, 6.45) is 2.84. The van der Waals surface area contributed by atoms with Gasteiger partial charge in [0.25, 0.3) is 0 Å². The topological polar surface area (TPSA) is 113 Å². The van der Waals surface area contributed by atoms with Crippen LogP contribution in [0, 0.1) is 0 Å². The molecule has 1 aliphatic rings. The molecule has 8 heteroatoms. The van der Waals surface area contributed by atoms with Gasteiger partial charge in [-0.3, -0.25) is 9.59 Å². The van der Waals surface area contributed by atoms with Crippen LogP contribution >= 0.6 is 0 Å². The van der Waals surface area contributed by atoms with E-state index in [9.17, 15) is 18.0 Å². The quantitative estimate of drug-likeness (QED) is 0.665. The molecule has 2 rings (SSSR count). The molecule has 7 nitrogen and oxygen atoms in total. The van der Waals surface area contributed by atoms with Crippen LogP contribution in [0.5, 0.6) is 0 Å². The Balaban J connectivity index is 1.99. The summed E-state index contributed by atoms with van der Waals surface area (Å²) >= 11 is 0. The average Bonchev–Trinajstić information content (AvgIpc) is 2.90. The molecule has 1 aliphatic carbocycles. The van der Waals surface area contributed by atoms with Crippen LogP contribution < -0.4 is 10.0 Å². The number of hydrogen-bond donors (Lipinski definition) is 3. The summed E-state index contributed by atoms with van der Waals surface area (Å²) in [6, 6.07) is 4.93. The third-order valence-electron chi connectivity index (χ3n) is 3.24. The SMILES string of the molecule is O=C(O)CNC(=O)CNS(=O)(=O)c1ccc2c(c1)CCC2. The van der Waals surface area contributed by atoms with Crippen LogP contribution in [0.4, 0.5) is 0 Å². The number of carboxylic acid groups (broad SMARTS) is 1. The van der Waals surface area contributed by atoms with Crippen LogP contribution in [0.1, 0.15) is 17.5 Å². The summed E-state index contributed by atoms with van der Waals surface area (Å²) in [5.41, 5.74) is 2.18. The summed E-state index contributed by atoms with van der Waals surface area (Å²) < 4.78 is 26.3. The molecule has 0 spiro atoms. The van der Waals surface area contributed by atoms with E-state index in [0.717, 1.165) is 30.4 Å². The van der Waals surface area contributed by atoms with E-state index in [1.165, 1.54) is 6.07 Å². The highest BCUT2D eigenvalue weighted by atomic mass is 32.2. The molecule has 114 valence electrons. The Labute approximate surface area is 122 Å². The van der Waals surface area contributed by atoms with Gasteiger partial charge < -0.3 is 10.4 Å². The van der Waals surface area contributed by atoms with Crippen LogP contribution in [-0.4, -0.2) is 38.5 Å². The van der Waals surface area contributed by atoms with Crippen LogP contribution in [0.15, 0.2) is 23.1 Å². The van der Waals surface area contributed by atoms with Gasteiger partial charge >= 0.3 is 5.97 Å². The number of sulfonamides is 1. The van der Waals surface area contributed by atoms with Crippen LogP contribution in [0.3, 0.4) is 0 Å². The maximum absolute atomic E-state index is 12.1. The number of carboxylic acids is 1. The summed E-state index contributed by atoms with van der Waals surface area (Å²) in [4.78, 5) is 21.7. The molecule has 3 N–H and O–H groups in total. The standard InChI is InChI=1S/C13H16N2O5S/c16-12(14-8-13(17)18)7-15-21(19,20)11-5-4-9-2-1-3-10(9)6-11/h4-6,15H,1-3,7-8H2,(H,14,16)(H,17,18). The lowest BCUT2D eigenvalue weighted by Gasteiger charge is -2.08. The Morgan fingerprint density at radius 1 is 1.14 bits per heavy atom. The highest BCUT2D eigenvalue weighted by molar-refractivity contribution is 7.89. The molecule has 0 atom stereocenters. The van der Waals surface area contributed by atoms with Gasteiger partial charge in [-0.25, -0.2) is 13.1 Å². The Morgan fingerprint density at radius 3 is 2.57 bits per heavy atom. The highest BCUT2D eigenvalue weighted by Gasteiger charge is 2.19. The summed E-state index contributed by atoms with van der Waals surface area (Å²) in [5, 5.41) is 10.5. The van der Waals surface area contributed by atoms with Gasteiger partial charge in [-0.15, -0.1) is 0 Å². The number of hydrogen-bond acceptors (Lipinski definition) is 4. The number of carbonyl (C=O) groups excluding carboxylic acids is 1. The minimum Gasteiger partial charge on any atom is -0.480 e. The zero-order chi connectivity index (χ0) is 15.5. The van der Waals surface area contributed by atoms with Crippen molar-refractivity contribution < 1.29 is 23.1 Å². The van der Waals surface area contributed by atoms with Crippen molar-refractivity contribution in [1.29, 1.82) is 0 Å². The molecule has 1 aromatic carbocycles. The molecule has 0 heterocycles. The van der Waals surface area contributed by atoms with Gasteiger partial charge in [-0.2, -0.15) is 0 Å². The minimum absolute atomic E-state index is 0.120. The van der Waals surface area contributed by atoms with E-state index in [0.29, 0.717) is 0 Å². The Morgan fingerprint density at radius 2 is 1.86 bits per heavy atom. The summed E-state index contributed by atoms with van der Waals surface area (Å²) in [5.74, 6) is -1.88. The third kappa shape index (κ3) is 4.02. The number of nitrogens with one attached hydrogen (secondary N) is 2. The largest absolute Gasteiger partial charge is 0.480 e. The molecular weight excluding hydrogens is 296 g/mol. The fourth-order valence-corrected chi connectivity index (χ4v) is 3.23. The zero-order valence-electron chi connectivity index (χ0n) is 11.3. The number of amides is 1. The summed E-state index contributed by atoms with van der Waals surface area (Å²) in [7, 11) is -3.77. The first-order valence-electron chi connectivity index (χ1n) is 6.48. The fraction of sp³-hybridized carbons (Fsp3) is 0.385. The number of rotatable bonds is 6. The molecule has 0 aliphatic heterocycles. The Hall–Kier alpha value is -1.93. The van der Waals surface area contributed by atoms with Gasteiger partial charge in [-0.05, 0) is 42.5 Å². The minimum atomic E-state index is -3.77. The van der Waals surface area contributed by atoms with Crippen molar-refractivity contribution >= 4 is 21.9 Å². The van der Waals surface area contributed by atoms with E-state index in [1.54, 1.807) is 12.1 Å². The molecule has 0 fully saturated rings. The molecule has 0 aromatic heterocycles. The lowest BCUT2D eigenvalue weighted by atomic mass is 10.1. The van der Waals surface area contributed by atoms with Crippen LogP contribution in [-0.2, 0) is 32.5 Å². The predicted octanol–water partition coefficient (Wildman–Crippen LogP) is -0.346. The molecule has 1 amide bonds. The van der Waals surface area contributed by atoms with Crippen molar-refractivity contribution in [3.8, 4) is 0 Å². The Kier molecular flexibility index (Phi) is 4.59. The number of aliphatic carboxylic acids is 1. The molecule has 0 saturated heterocycles. The molecule has 0 saturated carbocycles. The second-order valence-corrected chi connectivity index (χ2v) is 6.55. The van der Waals surface area contributed by atoms with E-state index in [2.05, 4.69) is 10.0 Å². The van der Waals surface area contributed by atoms with Crippen molar-refractivity contribution in [3.63, 3.8) is 0 Å². The van der Waals surface area contributed by atoms with Crippen molar-refractivity contribution in [2.75, 3.05) is 13.1 Å². The van der Waals surface area contributed by atoms with Crippen molar-refractivity contribution in [2.24, 2.45) is 0 Å². The molecule has 1 aromatic rings. The molecular formula is C13H16N2O5S. The lowest BCUT2D eigenvalue weighted by molar-refractivity contribution is -0.137. The van der Waals surface area contributed by atoms with Crippen molar-refractivity contribution in [2.45, 2.75) is 24.2 Å². The number of benzene rings is 1. The average molecular weight is 312 g/mol. The van der Waals surface area contributed by atoms with Crippen LogP contribution in [0.25, 0.3) is 0 Å². The molecule has 0 radical (unpaired) electrons. The molecule has 0 bridgehead atoms. The van der Waals surface area contributed by atoms with Gasteiger partial charge in [0.1, 0.15) is 6.54 Å². The number of fused-ring (bicyclic) bond motifs is 1. The zero-order valence-corrected chi connectivity index (χ0v) is 12.1. The normalized spacial score (nSPS) is 13.7. The first-order valence-corrected chi connectivity index (χ1v) is 7.97. The third-order valence-corrected chi connectivity index (χ3v) is 4.64.